The number of sulfonamides is 1. The number of amides is 1. The Hall–Kier alpha value is -3.32. The number of aryl methyl sites for hydroxylation is 1. The highest BCUT2D eigenvalue weighted by Crippen LogP contribution is 2.26. The first-order valence-electron chi connectivity index (χ1n) is 11.1. The molecule has 0 unspecified atom stereocenters. The molecule has 7 heteroatoms. The standard InChI is InChI=1S/C26H30N2O4S/c1-3-5-9-21-12-14-22(15-13-21)27-26(29)20-28(23-16-18-24(19-17-23)32-4-2)33(30,31)25-10-7-6-8-11-25/h6-8,10-19H,3-5,9,20H2,1-2H3,(H,27,29). The zero-order valence-corrected chi connectivity index (χ0v) is 19.8. The summed E-state index contributed by atoms with van der Waals surface area (Å²) < 4.78 is 33.4. The van der Waals surface area contributed by atoms with E-state index in [1.165, 1.54) is 17.7 Å². The van der Waals surface area contributed by atoms with Gasteiger partial charge < -0.3 is 10.1 Å². The molecule has 3 rings (SSSR count). The van der Waals surface area contributed by atoms with Crippen molar-refractivity contribution in [3.8, 4) is 5.75 Å². The fourth-order valence-electron chi connectivity index (χ4n) is 3.38. The van der Waals surface area contributed by atoms with Crippen LogP contribution in [-0.2, 0) is 21.2 Å². The van der Waals surface area contributed by atoms with Gasteiger partial charge in [-0.25, -0.2) is 8.42 Å². The van der Waals surface area contributed by atoms with E-state index in [9.17, 15) is 13.2 Å². The van der Waals surface area contributed by atoms with Gasteiger partial charge in [-0.3, -0.25) is 9.10 Å². The first kappa shape index (κ1) is 24.3. The Morgan fingerprint density at radius 3 is 2.18 bits per heavy atom. The molecule has 3 aromatic carbocycles. The third-order valence-corrected chi connectivity index (χ3v) is 6.90. The normalized spacial score (nSPS) is 11.1. The van der Waals surface area contributed by atoms with Crippen molar-refractivity contribution in [1.29, 1.82) is 0 Å². The first-order chi connectivity index (χ1) is 15.9. The molecule has 0 radical (unpaired) electrons. The number of benzene rings is 3. The van der Waals surface area contributed by atoms with Crippen LogP contribution in [-0.4, -0.2) is 27.5 Å². The van der Waals surface area contributed by atoms with Crippen molar-refractivity contribution >= 4 is 27.3 Å². The Morgan fingerprint density at radius 1 is 0.909 bits per heavy atom. The van der Waals surface area contributed by atoms with Gasteiger partial charge in [0.15, 0.2) is 0 Å². The fourth-order valence-corrected chi connectivity index (χ4v) is 4.82. The van der Waals surface area contributed by atoms with E-state index in [2.05, 4.69) is 12.2 Å². The summed E-state index contributed by atoms with van der Waals surface area (Å²) in [4.78, 5) is 13.0. The lowest BCUT2D eigenvalue weighted by Gasteiger charge is -2.24. The average molecular weight is 467 g/mol. The molecule has 0 aliphatic carbocycles. The molecule has 0 bridgehead atoms. The first-order valence-corrected chi connectivity index (χ1v) is 12.6. The van der Waals surface area contributed by atoms with E-state index in [-0.39, 0.29) is 11.4 Å². The predicted molar refractivity (Wildman–Crippen MR) is 132 cm³/mol. The number of anilines is 2. The molecule has 6 nitrogen and oxygen atoms in total. The largest absolute Gasteiger partial charge is 0.494 e. The monoisotopic (exact) mass is 466 g/mol. The van der Waals surface area contributed by atoms with Gasteiger partial charge in [0.1, 0.15) is 12.3 Å². The molecule has 0 aliphatic rings. The van der Waals surface area contributed by atoms with Crippen molar-refractivity contribution in [3.05, 3.63) is 84.4 Å². The number of carbonyl (C=O) groups excluding carboxylic acids is 1. The molecule has 1 amide bonds. The lowest BCUT2D eigenvalue weighted by Crippen LogP contribution is -2.38. The Morgan fingerprint density at radius 2 is 1.58 bits per heavy atom. The Kier molecular flexibility index (Phi) is 8.49. The van der Waals surface area contributed by atoms with Gasteiger partial charge in [-0.2, -0.15) is 0 Å². The van der Waals surface area contributed by atoms with Crippen LogP contribution in [0.4, 0.5) is 11.4 Å². The Bertz CT molecular complexity index is 1130. The van der Waals surface area contributed by atoms with E-state index in [1.54, 1.807) is 42.5 Å². The second-order valence-electron chi connectivity index (χ2n) is 7.60. The average Bonchev–Trinajstić information content (AvgIpc) is 2.83. The van der Waals surface area contributed by atoms with Gasteiger partial charge in [0.2, 0.25) is 5.91 Å². The van der Waals surface area contributed by atoms with Crippen LogP contribution < -0.4 is 14.4 Å². The summed E-state index contributed by atoms with van der Waals surface area (Å²) in [7, 11) is -3.95. The fraction of sp³-hybridized carbons (Fsp3) is 0.269. The zero-order chi connectivity index (χ0) is 23.7. The topological polar surface area (TPSA) is 75.7 Å². The van der Waals surface area contributed by atoms with Gasteiger partial charge in [0.05, 0.1) is 17.2 Å². The number of hydrogen-bond acceptors (Lipinski definition) is 4. The molecule has 0 spiro atoms. The SMILES string of the molecule is CCCCc1ccc(NC(=O)CN(c2ccc(OCC)cc2)S(=O)(=O)c2ccccc2)cc1. The van der Waals surface area contributed by atoms with E-state index < -0.39 is 15.9 Å². The molecular weight excluding hydrogens is 436 g/mol. The van der Waals surface area contributed by atoms with Crippen LogP contribution in [0.15, 0.2) is 83.8 Å². The van der Waals surface area contributed by atoms with Crippen molar-refractivity contribution < 1.29 is 17.9 Å². The summed E-state index contributed by atoms with van der Waals surface area (Å²) in [6.07, 6.45) is 3.22. The lowest BCUT2D eigenvalue weighted by atomic mass is 10.1. The second-order valence-corrected chi connectivity index (χ2v) is 9.46. The number of ether oxygens (including phenoxy) is 1. The van der Waals surface area contributed by atoms with Gasteiger partial charge >= 0.3 is 0 Å². The van der Waals surface area contributed by atoms with Crippen molar-refractivity contribution in [3.63, 3.8) is 0 Å². The maximum Gasteiger partial charge on any atom is 0.264 e. The summed E-state index contributed by atoms with van der Waals surface area (Å²) in [6, 6.07) is 22.4. The third kappa shape index (κ3) is 6.58. The number of nitrogens with one attached hydrogen (secondary N) is 1. The van der Waals surface area contributed by atoms with E-state index >= 15 is 0 Å². The molecule has 3 aromatic rings. The van der Waals surface area contributed by atoms with E-state index in [4.69, 9.17) is 4.74 Å². The number of rotatable bonds is 11. The van der Waals surface area contributed by atoms with E-state index in [1.807, 2.05) is 31.2 Å². The van der Waals surface area contributed by atoms with E-state index in [0.29, 0.717) is 23.7 Å². The van der Waals surface area contributed by atoms with Crippen molar-refractivity contribution in [2.45, 2.75) is 38.0 Å². The maximum absolute atomic E-state index is 13.4. The van der Waals surface area contributed by atoms with Gasteiger partial charge in [0, 0.05) is 5.69 Å². The summed E-state index contributed by atoms with van der Waals surface area (Å²) in [5, 5.41) is 2.81. The summed E-state index contributed by atoms with van der Waals surface area (Å²) in [5.41, 5.74) is 2.22. The van der Waals surface area contributed by atoms with E-state index in [0.717, 1.165) is 23.6 Å². The number of nitrogens with zero attached hydrogens (tertiary/aromatic N) is 1. The van der Waals surface area contributed by atoms with Crippen LogP contribution in [0.2, 0.25) is 0 Å². The van der Waals surface area contributed by atoms with Crippen molar-refractivity contribution in [2.24, 2.45) is 0 Å². The van der Waals surface area contributed by atoms with Crippen molar-refractivity contribution in [2.75, 3.05) is 22.8 Å². The molecule has 0 saturated heterocycles. The highest BCUT2D eigenvalue weighted by Gasteiger charge is 2.27. The smallest absolute Gasteiger partial charge is 0.264 e. The minimum absolute atomic E-state index is 0.118. The molecule has 33 heavy (non-hydrogen) atoms. The number of carbonyl (C=O) groups is 1. The molecule has 0 aliphatic heterocycles. The third-order valence-electron chi connectivity index (χ3n) is 5.11. The van der Waals surface area contributed by atoms with Crippen LogP contribution in [0.3, 0.4) is 0 Å². The highest BCUT2D eigenvalue weighted by molar-refractivity contribution is 7.92. The molecule has 0 fully saturated rings. The van der Waals surface area contributed by atoms with Crippen LogP contribution in [0.25, 0.3) is 0 Å². The molecule has 0 aromatic heterocycles. The van der Waals surface area contributed by atoms with Crippen LogP contribution in [0.5, 0.6) is 5.75 Å². The molecule has 0 heterocycles. The molecule has 0 atom stereocenters. The quantitative estimate of drug-likeness (QED) is 0.418. The van der Waals surface area contributed by atoms with Gasteiger partial charge in [-0.05, 0) is 73.9 Å². The summed E-state index contributed by atoms with van der Waals surface area (Å²) in [5.74, 6) is 0.204. The van der Waals surface area contributed by atoms with Crippen LogP contribution in [0.1, 0.15) is 32.3 Å². The number of hydrogen-bond donors (Lipinski definition) is 1. The zero-order valence-electron chi connectivity index (χ0n) is 19.0. The molecule has 0 saturated carbocycles. The molecular formula is C26H30N2O4S. The Balaban J connectivity index is 1.82. The summed E-state index contributed by atoms with van der Waals surface area (Å²) >= 11 is 0. The van der Waals surface area contributed by atoms with Crippen LogP contribution >= 0.6 is 0 Å². The van der Waals surface area contributed by atoms with Crippen LogP contribution in [0, 0.1) is 0 Å². The Labute approximate surface area is 196 Å². The second kappa shape index (κ2) is 11.5. The minimum atomic E-state index is -3.95. The number of unbranched alkanes of at least 4 members (excludes halogenated alkanes) is 1. The maximum atomic E-state index is 13.4. The lowest BCUT2D eigenvalue weighted by molar-refractivity contribution is -0.114. The molecule has 1 N–H and O–H groups in total. The highest BCUT2D eigenvalue weighted by atomic mass is 32.2. The van der Waals surface area contributed by atoms with Crippen molar-refractivity contribution in [1.82, 2.24) is 0 Å². The minimum Gasteiger partial charge on any atom is -0.494 e. The van der Waals surface area contributed by atoms with Gasteiger partial charge in [0.25, 0.3) is 10.0 Å². The molecule has 174 valence electrons. The van der Waals surface area contributed by atoms with Gasteiger partial charge in [-0.15, -0.1) is 0 Å². The predicted octanol–water partition coefficient (Wildman–Crippen LogP) is 5.26. The summed E-state index contributed by atoms with van der Waals surface area (Å²) in [6.45, 7) is 4.17. The van der Waals surface area contributed by atoms with Gasteiger partial charge in [-0.1, -0.05) is 43.7 Å².